The number of hydrogen-bond acceptors (Lipinski definition) is 3. The van der Waals surface area contributed by atoms with Crippen LogP contribution in [0.5, 0.6) is 0 Å². The highest BCUT2D eigenvalue weighted by atomic mass is 35.5. The van der Waals surface area contributed by atoms with Gasteiger partial charge < -0.3 is 9.80 Å². The maximum atomic E-state index is 9.31. The first-order valence-corrected chi connectivity index (χ1v) is 7.19. The lowest BCUT2D eigenvalue weighted by atomic mass is 10.0. The molecular weight excluding hydrogens is 258 g/mol. The number of rotatable bonds is 3. The van der Waals surface area contributed by atoms with E-state index in [-0.39, 0.29) is 0 Å². The molecule has 1 aromatic carbocycles. The summed E-state index contributed by atoms with van der Waals surface area (Å²) in [5.41, 5.74) is 2.72. The smallest absolute Gasteiger partial charge is 0.101 e. The Bertz CT molecular complexity index is 481. The molecule has 4 heteroatoms. The molecule has 2 rings (SSSR count). The van der Waals surface area contributed by atoms with E-state index in [1.807, 2.05) is 18.2 Å². The van der Waals surface area contributed by atoms with E-state index in [1.54, 1.807) is 0 Å². The number of piperidine rings is 1. The minimum atomic E-state index is 0.449. The molecular formula is C15H20ClN3. The molecule has 0 saturated carbocycles. The zero-order valence-corrected chi connectivity index (χ0v) is 12.3. The van der Waals surface area contributed by atoms with Crippen LogP contribution in [0.25, 0.3) is 0 Å². The van der Waals surface area contributed by atoms with Crippen LogP contribution in [-0.2, 0) is 5.88 Å². The number of halogens is 1. The number of likely N-dealkylation sites (N-methyl/N-ethyl adjacent to an activating group) is 2. The van der Waals surface area contributed by atoms with E-state index in [9.17, 15) is 5.26 Å². The molecule has 0 amide bonds. The highest BCUT2D eigenvalue weighted by molar-refractivity contribution is 6.17. The Labute approximate surface area is 120 Å². The summed E-state index contributed by atoms with van der Waals surface area (Å²) in [4.78, 5) is 4.59. The van der Waals surface area contributed by atoms with Crippen molar-refractivity contribution in [3.63, 3.8) is 0 Å². The first-order valence-electron chi connectivity index (χ1n) is 6.66. The molecule has 1 heterocycles. The van der Waals surface area contributed by atoms with Crippen LogP contribution in [0.2, 0.25) is 0 Å². The fourth-order valence-electron chi connectivity index (χ4n) is 2.72. The van der Waals surface area contributed by atoms with Crippen LogP contribution in [0, 0.1) is 11.3 Å². The summed E-state index contributed by atoms with van der Waals surface area (Å²) >= 11 is 5.83. The summed E-state index contributed by atoms with van der Waals surface area (Å²) in [7, 11) is 4.24. The Hall–Kier alpha value is -1.24. The fourth-order valence-corrected chi connectivity index (χ4v) is 2.88. The monoisotopic (exact) mass is 277 g/mol. The second-order valence-corrected chi connectivity index (χ2v) is 5.53. The number of anilines is 1. The molecule has 0 radical (unpaired) electrons. The van der Waals surface area contributed by atoms with Crippen molar-refractivity contribution >= 4 is 17.3 Å². The van der Waals surface area contributed by atoms with E-state index >= 15 is 0 Å². The third-order valence-electron chi connectivity index (χ3n) is 3.86. The van der Waals surface area contributed by atoms with Crippen molar-refractivity contribution in [2.75, 3.05) is 32.1 Å². The largest absolute Gasteiger partial charge is 0.369 e. The summed E-state index contributed by atoms with van der Waals surface area (Å²) in [5, 5.41) is 9.31. The van der Waals surface area contributed by atoms with E-state index < -0.39 is 0 Å². The van der Waals surface area contributed by atoms with Crippen LogP contribution in [-0.4, -0.2) is 38.1 Å². The van der Waals surface area contributed by atoms with Gasteiger partial charge in [-0.15, -0.1) is 11.6 Å². The van der Waals surface area contributed by atoms with Gasteiger partial charge in [0.25, 0.3) is 0 Å². The molecule has 1 saturated heterocycles. The molecule has 0 bridgehead atoms. The molecule has 1 aliphatic rings. The summed E-state index contributed by atoms with van der Waals surface area (Å²) in [5.74, 6) is 0.449. The molecule has 1 fully saturated rings. The molecule has 1 aliphatic heterocycles. The third kappa shape index (κ3) is 3.20. The lowest BCUT2D eigenvalue weighted by Crippen LogP contribution is -2.45. The summed E-state index contributed by atoms with van der Waals surface area (Å²) in [6.07, 6.45) is 2.40. The summed E-state index contributed by atoms with van der Waals surface area (Å²) < 4.78 is 0. The molecule has 102 valence electrons. The normalized spacial score (nSPS) is 20.0. The number of hydrogen-bond donors (Lipinski definition) is 0. The zero-order valence-electron chi connectivity index (χ0n) is 11.6. The molecule has 3 nitrogen and oxygen atoms in total. The minimum absolute atomic E-state index is 0.449. The average Bonchev–Trinajstić information content (AvgIpc) is 2.45. The minimum Gasteiger partial charge on any atom is -0.369 e. The zero-order chi connectivity index (χ0) is 13.8. The lowest BCUT2D eigenvalue weighted by molar-refractivity contribution is 0.248. The highest BCUT2D eigenvalue weighted by Crippen LogP contribution is 2.25. The van der Waals surface area contributed by atoms with Crippen molar-refractivity contribution < 1.29 is 0 Å². The van der Waals surface area contributed by atoms with Gasteiger partial charge in [-0.25, -0.2) is 0 Å². The number of nitrogens with zero attached hydrogens (tertiary/aromatic N) is 3. The Morgan fingerprint density at radius 3 is 2.95 bits per heavy atom. The topological polar surface area (TPSA) is 30.3 Å². The van der Waals surface area contributed by atoms with Gasteiger partial charge in [0, 0.05) is 25.5 Å². The summed E-state index contributed by atoms with van der Waals surface area (Å²) in [6, 6.07) is 8.69. The number of benzene rings is 1. The van der Waals surface area contributed by atoms with Crippen LogP contribution >= 0.6 is 11.6 Å². The van der Waals surface area contributed by atoms with Gasteiger partial charge in [0.15, 0.2) is 0 Å². The van der Waals surface area contributed by atoms with Crippen LogP contribution in [0.4, 0.5) is 5.69 Å². The Morgan fingerprint density at radius 1 is 1.53 bits per heavy atom. The number of nitriles is 1. The van der Waals surface area contributed by atoms with Gasteiger partial charge in [0.1, 0.15) is 6.07 Å². The predicted molar refractivity (Wildman–Crippen MR) is 79.6 cm³/mol. The number of alkyl halides is 1. The van der Waals surface area contributed by atoms with Gasteiger partial charge in [-0.1, -0.05) is 6.07 Å². The highest BCUT2D eigenvalue weighted by Gasteiger charge is 2.22. The SMILES string of the molecule is CN1CCCC(N(C)c2ccc(CCl)cc2C#N)C1. The van der Waals surface area contributed by atoms with E-state index in [4.69, 9.17) is 11.6 Å². The molecule has 1 unspecified atom stereocenters. The van der Waals surface area contributed by atoms with Gasteiger partial charge in [0.2, 0.25) is 0 Å². The summed E-state index contributed by atoms with van der Waals surface area (Å²) in [6.45, 7) is 2.22. The first-order chi connectivity index (χ1) is 9.15. The quantitative estimate of drug-likeness (QED) is 0.796. The fraction of sp³-hybridized carbons (Fsp3) is 0.533. The molecule has 1 aromatic rings. The van der Waals surface area contributed by atoms with Crippen LogP contribution in [0.15, 0.2) is 18.2 Å². The predicted octanol–water partition coefficient (Wildman–Crippen LogP) is 2.83. The van der Waals surface area contributed by atoms with Gasteiger partial charge in [-0.2, -0.15) is 5.26 Å². The van der Waals surface area contributed by atoms with Crippen molar-refractivity contribution in [1.29, 1.82) is 5.26 Å². The Balaban J connectivity index is 2.23. The molecule has 0 N–H and O–H groups in total. The van der Waals surface area contributed by atoms with Crippen molar-refractivity contribution in [3.8, 4) is 6.07 Å². The van der Waals surface area contributed by atoms with E-state index in [0.29, 0.717) is 17.5 Å². The second kappa shape index (κ2) is 6.27. The van der Waals surface area contributed by atoms with Crippen molar-refractivity contribution in [2.24, 2.45) is 0 Å². The number of likely N-dealkylation sites (tertiary alicyclic amines) is 1. The van der Waals surface area contributed by atoms with E-state index in [0.717, 1.165) is 17.8 Å². The van der Waals surface area contributed by atoms with Crippen LogP contribution < -0.4 is 4.90 Å². The molecule has 19 heavy (non-hydrogen) atoms. The first kappa shape index (κ1) is 14.2. The van der Waals surface area contributed by atoms with Gasteiger partial charge >= 0.3 is 0 Å². The molecule has 0 spiro atoms. The van der Waals surface area contributed by atoms with Gasteiger partial charge in [0.05, 0.1) is 11.3 Å². The standard InChI is InChI=1S/C15H20ClN3/c1-18-7-3-4-14(11-18)19(2)15-6-5-12(9-16)8-13(15)10-17/h5-6,8,14H,3-4,7,9,11H2,1-2H3. The van der Waals surface area contributed by atoms with Crippen molar-refractivity contribution in [1.82, 2.24) is 4.90 Å². The van der Waals surface area contributed by atoms with E-state index in [2.05, 4.69) is 30.0 Å². The van der Waals surface area contributed by atoms with Crippen LogP contribution in [0.3, 0.4) is 0 Å². The van der Waals surface area contributed by atoms with Crippen molar-refractivity contribution in [3.05, 3.63) is 29.3 Å². The molecule has 0 aliphatic carbocycles. The Kier molecular flexibility index (Phi) is 4.68. The maximum absolute atomic E-state index is 9.31. The van der Waals surface area contributed by atoms with Gasteiger partial charge in [-0.3, -0.25) is 0 Å². The molecule has 0 aromatic heterocycles. The Morgan fingerprint density at radius 2 is 2.32 bits per heavy atom. The van der Waals surface area contributed by atoms with Crippen molar-refractivity contribution in [2.45, 2.75) is 24.8 Å². The van der Waals surface area contributed by atoms with Crippen LogP contribution in [0.1, 0.15) is 24.0 Å². The molecule has 1 atom stereocenters. The van der Waals surface area contributed by atoms with E-state index in [1.165, 1.54) is 19.4 Å². The maximum Gasteiger partial charge on any atom is 0.101 e. The third-order valence-corrected chi connectivity index (χ3v) is 4.17. The van der Waals surface area contributed by atoms with Gasteiger partial charge in [-0.05, 0) is 44.1 Å². The lowest BCUT2D eigenvalue weighted by Gasteiger charge is -2.37. The average molecular weight is 278 g/mol. The second-order valence-electron chi connectivity index (χ2n) is 5.27.